The normalized spacial score (nSPS) is 14.1. The van der Waals surface area contributed by atoms with Gasteiger partial charge in [0.25, 0.3) is 5.91 Å². The van der Waals surface area contributed by atoms with Crippen molar-refractivity contribution in [2.24, 2.45) is 10.1 Å². The van der Waals surface area contributed by atoms with E-state index in [4.69, 9.17) is 0 Å². The minimum atomic E-state index is -0.241. The number of nitrogens with zero attached hydrogens (tertiary/aromatic N) is 3. The number of hydrogen-bond acceptors (Lipinski definition) is 4. The van der Waals surface area contributed by atoms with E-state index in [1.807, 2.05) is 42.5 Å². The van der Waals surface area contributed by atoms with Crippen molar-refractivity contribution in [3.63, 3.8) is 0 Å². The van der Waals surface area contributed by atoms with Crippen LogP contribution in [0.5, 0.6) is 0 Å². The molecule has 0 spiro atoms. The topological polar surface area (TPSA) is 66.7 Å². The predicted molar refractivity (Wildman–Crippen MR) is 87.8 cm³/mol. The van der Waals surface area contributed by atoms with Crippen LogP contribution in [0.4, 0.5) is 0 Å². The first-order valence-electron chi connectivity index (χ1n) is 6.89. The lowest BCUT2D eigenvalue weighted by Crippen LogP contribution is -2.19. The molecule has 5 heteroatoms. The maximum absolute atomic E-state index is 11.9. The van der Waals surface area contributed by atoms with Gasteiger partial charge in [0, 0.05) is 23.4 Å². The summed E-state index contributed by atoms with van der Waals surface area (Å²) in [5.41, 5.74) is 4.70. The fourth-order valence-corrected chi connectivity index (χ4v) is 2.04. The van der Waals surface area contributed by atoms with Crippen molar-refractivity contribution in [2.45, 2.75) is 6.42 Å². The Kier molecular flexibility index (Phi) is 4.15. The molecule has 0 fully saturated rings. The Balaban J connectivity index is 1.68. The van der Waals surface area contributed by atoms with Gasteiger partial charge in [-0.3, -0.25) is 9.79 Å². The van der Waals surface area contributed by atoms with Crippen LogP contribution in [0.1, 0.15) is 12.1 Å². The van der Waals surface area contributed by atoms with Gasteiger partial charge >= 0.3 is 0 Å². The molecule has 2 aromatic rings. The third-order valence-corrected chi connectivity index (χ3v) is 3.17. The van der Waals surface area contributed by atoms with E-state index in [0.717, 1.165) is 10.9 Å². The second-order valence-corrected chi connectivity index (χ2v) is 4.71. The van der Waals surface area contributed by atoms with Gasteiger partial charge in [0.1, 0.15) is 0 Å². The Bertz CT molecular complexity index is 818. The third kappa shape index (κ3) is 3.32. The minimum absolute atomic E-state index is 0.241. The predicted octanol–water partition coefficient (Wildman–Crippen LogP) is 2.60. The summed E-state index contributed by atoms with van der Waals surface area (Å²) in [5.74, 6) is -0.241. The number of carbonyl (C=O) groups excluding carboxylic acids is 1. The quantitative estimate of drug-likeness (QED) is 0.697. The number of nitrogens with one attached hydrogen (secondary N) is 1. The molecule has 1 aromatic carbocycles. The molecule has 0 bridgehead atoms. The number of aromatic nitrogens is 1. The third-order valence-electron chi connectivity index (χ3n) is 3.17. The lowest BCUT2D eigenvalue weighted by Gasteiger charge is -2.01. The van der Waals surface area contributed by atoms with Crippen LogP contribution in [-0.4, -0.2) is 23.3 Å². The number of rotatable bonds is 3. The SMILES string of the molecule is O=C(N/N=C/c1ccc2ccccc2n1)C1=CC=NC=CC1. The van der Waals surface area contributed by atoms with E-state index in [2.05, 4.69) is 20.5 Å². The minimum Gasteiger partial charge on any atom is -0.268 e. The first-order chi connectivity index (χ1) is 10.8. The van der Waals surface area contributed by atoms with Crippen molar-refractivity contribution >= 4 is 29.2 Å². The first-order valence-corrected chi connectivity index (χ1v) is 6.89. The average Bonchev–Trinajstić information content (AvgIpc) is 2.84. The van der Waals surface area contributed by atoms with Crippen molar-refractivity contribution < 1.29 is 4.79 Å². The van der Waals surface area contributed by atoms with E-state index in [1.54, 1.807) is 18.5 Å². The van der Waals surface area contributed by atoms with Gasteiger partial charge in [-0.25, -0.2) is 10.4 Å². The fraction of sp³-hybridized carbons (Fsp3) is 0.0588. The molecule has 3 rings (SSSR count). The van der Waals surface area contributed by atoms with Gasteiger partial charge in [0.2, 0.25) is 0 Å². The largest absolute Gasteiger partial charge is 0.268 e. The summed E-state index contributed by atoms with van der Waals surface area (Å²) in [6.07, 6.45) is 8.83. The Morgan fingerprint density at radius 3 is 3.09 bits per heavy atom. The van der Waals surface area contributed by atoms with Gasteiger partial charge in [-0.05, 0) is 24.6 Å². The molecule has 0 saturated carbocycles. The van der Waals surface area contributed by atoms with Crippen LogP contribution in [0.25, 0.3) is 10.9 Å². The molecule has 1 N–H and O–H groups in total. The molecular weight excluding hydrogens is 276 g/mol. The van der Waals surface area contributed by atoms with Crippen LogP contribution < -0.4 is 5.43 Å². The Morgan fingerprint density at radius 1 is 1.23 bits per heavy atom. The van der Waals surface area contributed by atoms with E-state index in [0.29, 0.717) is 17.7 Å². The van der Waals surface area contributed by atoms with Crippen LogP contribution in [-0.2, 0) is 4.79 Å². The van der Waals surface area contributed by atoms with Crippen LogP contribution in [0.2, 0.25) is 0 Å². The summed E-state index contributed by atoms with van der Waals surface area (Å²) >= 11 is 0. The Hall–Kier alpha value is -3.08. The number of allylic oxidation sites excluding steroid dienone is 2. The first kappa shape index (κ1) is 13.9. The van der Waals surface area contributed by atoms with Gasteiger partial charge < -0.3 is 0 Å². The Morgan fingerprint density at radius 2 is 2.14 bits per heavy atom. The number of carbonyl (C=O) groups is 1. The molecule has 1 aliphatic rings. The summed E-state index contributed by atoms with van der Waals surface area (Å²) in [6, 6.07) is 11.7. The number of benzene rings is 1. The van der Waals surface area contributed by atoms with Crippen molar-refractivity contribution in [3.8, 4) is 0 Å². The standard InChI is InChI=1S/C17H14N4O/c22-17(14-5-3-10-18-11-9-14)21-19-12-15-8-7-13-4-1-2-6-16(13)20-15/h1-4,6-12H,5H2,(H,21,22)/b19-12+. The van der Waals surface area contributed by atoms with Gasteiger partial charge in [0.05, 0.1) is 17.4 Å². The van der Waals surface area contributed by atoms with E-state index in [-0.39, 0.29) is 5.91 Å². The van der Waals surface area contributed by atoms with Gasteiger partial charge in [-0.2, -0.15) is 5.10 Å². The van der Waals surface area contributed by atoms with E-state index >= 15 is 0 Å². The second-order valence-electron chi connectivity index (χ2n) is 4.71. The monoisotopic (exact) mass is 290 g/mol. The number of para-hydroxylation sites is 1. The molecule has 22 heavy (non-hydrogen) atoms. The number of hydrazone groups is 1. The molecule has 0 atom stereocenters. The van der Waals surface area contributed by atoms with E-state index < -0.39 is 0 Å². The molecule has 5 nitrogen and oxygen atoms in total. The highest BCUT2D eigenvalue weighted by Gasteiger charge is 2.06. The number of fused-ring (bicyclic) bond motifs is 1. The molecule has 1 aromatic heterocycles. The highest BCUT2D eigenvalue weighted by Crippen LogP contribution is 2.10. The Labute approximate surface area is 127 Å². The zero-order valence-electron chi connectivity index (χ0n) is 11.8. The second kappa shape index (κ2) is 6.58. The lowest BCUT2D eigenvalue weighted by atomic mass is 10.2. The maximum atomic E-state index is 11.9. The van der Waals surface area contributed by atoms with Gasteiger partial charge in [-0.1, -0.05) is 30.3 Å². The van der Waals surface area contributed by atoms with E-state index in [9.17, 15) is 4.79 Å². The molecule has 0 aliphatic carbocycles. The maximum Gasteiger partial charge on any atom is 0.267 e. The molecule has 0 radical (unpaired) electrons. The van der Waals surface area contributed by atoms with Gasteiger partial charge in [0.15, 0.2) is 0 Å². The van der Waals surface area contributed by atoms with Gasteiger partial charge in [-0.15, -0.1) is 0 Å². The van der Waals surface area contributed by atoms with Crippen molar-refractivity contribution in [3.05, 3.63) is 66.0 Å². The van der Waals surface area contributed by atoms with Crippen LogP contribution in [0.3, 0.4) is 0 Å². The number of aliphatic imine (C=N–C) groups is 1. The molecule has 0 unspecified atom stereocenters. The van der Waals surface area contributed by atoms with Crippen LogP contribution in [0, 0.1) is 0 Å². The molecule has 0 saturated heterocycles. The highest BCUT2D eigenvalue weighted by atomic mass is 16.2. The zero-order chi connectivity index (χ0) is 15.2. The molecule has 1 aliphatic heterocycles. The van der Waals surface area contributed by atoms with Crippen LogP contribution in [0.15, 0.2) is 70.4 Å². The summed E-state index contributed by atoms with van der Waals surface area (Å²) in [5, 5.41) is 5.03. The average molecular weight is 290 g/mol. The zero-order valence-corrected chi connectivity index (χ0v) is 11.8. The summed E-state index contributed by atoms with van der Waals surface area (Å²) in [4.78, 5) is 20.3. The highest BCUT2D eigenvalue weighted by molar-refractivity contribution is 5.98. The lowest BCUT2D eigenvalue weighted by molar-refractivity contribution is -0.117. The number of pyridine rings is 1. The van der Waals surface area contributed by atoms with Crippen molar-refractivity contribution in [1.82, 2.24) is 10.4 Å². The molecule has 2 heterocycles. The van der Waals surface area contributed by atoms with E-state index in [1.165, 1.54) is 6.21 Å². The van der Waals surface area contributed by atoms with Crippen molar-refractivity contribution in [2.75, 3.05) is 0 Å². The molecule has 108 valence electrons. The summed E-state index contributed by atoms with van der Waals surface area (Å²) < 4.78 is 0. The number of amides is 1. The molecular formula is C17H14N4O. The summed E-state index contributed by atoms with van der Waals surface area (Å²) in [7, 11) is 0. The smallest absolute Gasteiger partial charge is 0.267 e. The summed E-state index contributed by atoms with van der Waals surface area (Å²) in [6.45, 7) is 0. The number of hydrogen-bond donors (Lipinski definition) is 1. The van der Waals surface area contributed by atoms with Crippen molar-refractivity contribution in [1.29, 1.82) is 0 Å². The fourth-order valence-electron chi connectivity index (χ4n) is 2.04. The molecule has 1 amide bonds. The van der Waals surface area contributed by atoms with Crippen LogP contribution >= 0.6 is 0 Å².